The SMILES string of the molecule is O[C@H]1CCC2C(CCC3C2CCC2CCC[C@@H]23)C1. The standard InChI is InChI=1S/C17H28O/c18-13-6-9-15-12(10-13)5-8-16-14-3-1-2-11(14)4-7-17(15)16/h11-18H,1-10H2/t11?,12?,13-,14-,15?,16?,17?/m0/s1. The van der Waals surface area contributed by atoms with E-state index in [2.05, 4.69) is 0 Å². The van der Waals surface area contributed by atoms with Crippen LogP contribution in [0.15, 0.2) is 0 Å². The van der Waals surface area contributed by atoms with Gasteiger partial charge in [0.05, 0.1) is 6.10 Å². The van der Waals surface area contributed by atoms with Gasteiger partial charge in [0.2, 0.25) is 0 Å². The second-order valence-corrected chi connectivity index (χ2v) is 7.73. The molecule has 0 aromatic rings. The average molecular weight is 248 g/mol. The van der Waals surface area contributed by atoms with Gasteiger partial charge in [-0.05, 0) is 86.9 Å². The fourth-order valence-corrected chi connectivity index (χ4v) is 6.45. The van der Waals surface area contributed by atoms with Gasteiger partial charge in [-0.15, -0.1) is 0 Å². The van der Waals surface area contributed by atoms with Crippen LogP contribution in [0.2, 0.25) is 0 Å². The number of aliphatic hydroxyl groups excluding tert-OH is 1. The van der Waals surface area contributed by atoms with Crippen LogP contribution in [0, 0.1) is 35.5 Å². The lowest BCUT2D eigenvalue weighted by Crippen LogP contribution is -2.45. The monoisotopic (exact) mass is 248 g/mol. The highest BCUT2D eigenvalue weighted by Crippen LogP contribution is 2.57. The maximum absolute atomic E-state index is 9.89. The summed E-state index contributed by atoms with van der Waals surface area (Å²) in [5, 5.41) is 9.89. The first-order chi connectivity index (χ1) is 8.83. The second kappa shape index (κ2) is 4.51. The van der Waals surface area contributed by atoms with Crippen molar-refractivity contribution in [2.45, 2.75) is 70.3 Å². The molecule has 0 saturated heterocycles. The Bertz CT molecular complexity index is 313. The van der Waals surface area contributed by atoms with Crippen molar-refractivity contribution in [3.05, 3.63) is 0 Å². The predicted octanol–water partition coefficient (Wildman–Crippen LogP) is 4.00. The molecule has 0 aromatic heterocycles. The van der Waals surface area contributed by atoms with Gasteiger partial charge in [0, 0.05) is 0 Å². The summed E-state index contributed by atoms with van der Waals surface area (Å²) in [6.45, 7) is 0. The molecule has 0 heterocycles. The largest absolute Gasteiger partial charge is 0.393 e. The van der Waals surface area contributed by atoms with E-state index in [0.717, 1.165) is 48.3 Å². The van der Waals surface area contributed by atoms with E-state index in [1.165, 1.54) is 38.5 Å². The first-order valence-electron chi connectivity index (χ1n) is 8.51. The fourth-order valence-electron chi connectivity index (χ4n) is 6.45. The third-order valence-corrected chi connectivity index (χ3v) is 7.12. The van der Waals surface area contributed by atoms with Gasteiger partial charge >= 0.3 is 0 Å². The third kappa shape index (κ3) is 1.77. The Morgan fingerprint density at radius 1 is 0.556 bits per heavy atom. The van der Waals surface area contributed by atoms with E-state index in [9.17, 15) is 5.11 Å². The number of hydrogen-bond donors (Lipinski definition) is 1. The minimum absolute atomic E-state index is 0.0330. The van der Waals surface area contributed by atoms with E-state index in [0.29, 0.717) is 0 Å². The van der Waals surface area contributed by atoms with E-state index in [1.807, 2.05) is 0 Å². The van der Waals surface area contributed by atoms with Gasteiger partial charge in [-0.1, -0.05) is 12.8 Å². The summed E-state index contributed by atoms with van der Waals surface area (Å²) in [4.78, 5) is 0. The summed E-state index contributed by atoms with van der Waals surface area (Å²) < 4.78 is 0. The lowest BCUT2D eigenvalue weighted by atomic mass is 9.53. The molecule has 0 bridgehead atoms. The number of rotatable bonds is 0. The molecule has 4 saturated carbocycles. The smallest absolute Gasteiger partial charge is 0.0543 e. The van der Waals surface area contributed by atoms with Crippen molar-refractivity contribution < 1.29 is 5.11 Å². The lowest BCUT2D eigenvalue weighted by molar-refractivity contribution is -0.0457. The Labute approximate surface area is 111 Å². The maximum atomic E-state index is 9.89. The molecule has 5 unspecified atom stereocenters. The Kier molecular flexibility index (Phi) is 2.94. The maximum Gasteiger partial charge on any atom is 0.0543 e. The molecular weight excluding hydrogens is 220 g/mol. The summed E-state index contributed by atoms with van der Waals surface area (Å²) in [5.74, 6) is 6.23. The molecule has 1 heteroatoms. The molecule has 4 aliphatic carbocycles. The molecule has 7 atom stereocenters. The molecule has 18 heavy (non-hydrogen) atoms. The molecule has 1 nitrogen and oxygen atoms in total. The van der Waals surface area contributed by atoms with E-state index in [4.69, 9.17) is 0 Å². The van der Waals surface area contributed by atoms with Crippen LogP contribution < -0.4 is 0 Å². The highest BCUT2D eigenvalue weighted by atomic mass is 16.3. The molecule has 1 N–H and O–H groups in total. The van der Waals surface area contributed by atoms with Crippen LogP contribution >= 0.6 is 0 Å². The van der Waals surface area contributed by atoms with Crippen molar-refractivity contribution in [1.29, 1.82) is 0 Å². The average Bonchev–Trinajstić information content (AvgIpc) is 2.86. The Hall–Kier alpha value is -0.0400. The molecule has 102 valence electrons. The second-order valence-electron chi connectivity index (χ2n) is 7.73. The first-order valence-corrected chi connectivity index (χ1v) is 8.51. The highest BCUT2D eigenvalue weighted by molar-refractivity contribution is 4.99. The van der Waals surface area contributed by atoms with E-state index in [-0.39, 0.29) is 6.10 Å². The number of aliphatic hydroxyl groups is 1. The van der Waals surface area contributed by atoms with Gasteiger partial charge in [-0.3, -0.25) is 0 Å². The number of hydrogen-bond acceptors (Lipinski definition) is 1. The van der Waals surface area contributed by atoms with Crippen molar-refractivity contribution in [2.24, 2.45) is 35.5 Å². The van der Waals surface area contributed by atoms with Crippen molar-refractivity contribution in [3.63, 3.8) is 0 Å². The quantitative estimate of drug-likeness (QED) is 0.687. The molecule has 0 aromatic carbocycles. The predicted molar refractivity (Wildman–Crippen MR) is 73.1 cm³/mol. The van der Waals surface area contributed by atoms with Crippen molar-refractivity contribution in [2.75, 3.05) is 0 Å². The minimum Gasteiger partial charge on any atom is -0.393 e. The summed E-state index contributed by atoms with van der Waals surface area (Å²) in [6.07, 6.45) is 14.2. The minimum atomic E-state index is 0.0330. The fraction of sp³-hybridized carbons (Fsp3) is 1.00. The Balaban J connectivity index is 1.53. The van der Waals surface area contributed by atoms with Crippen LogP contribution in [0.4, 0.5) is 0 Å². The zero-order valence-electron chi connectivity index (χ0n) is 11.6. The zero-order chi connectivity index (χ0) is 12.1. The summed E-state index contributed by atoms with van der Waals surface area (Å²) in [6, 6.07) is 0. The van der Waals surface area contributed by atoms with Crippen LogP contribution in [0.3, 0.4) is 0 Å². The summed E-state index contributed by atoms with van der Waals surface area (Å²) in [5.41, 5.74) is 0. The molecule has 4 aliphatic rings. The molecule has 0 aliphatic heterocycles. The summed E-state index contributed by atoms with van der Waals surface area (Å²) in [7, 11) is 0. The van der Waals surface area contributed by atoms with Crippen LogP contribution in [0.1, 0.15) is 64.2 Å². The van der Waals surface area contributed by atoms with Gasteiger partial charge in [0.1, 0.15) is 0 Å². The van der Waals surface area contributed by atoms with Crippen molar-refractivity contribution in [1.82, 2.24) is 0 Å². The molecule has 0 amide bonds. The topological polar surface area (TPSA) is 20.2 Å². The van der Waals surface area contributed by atoms with Crippen molar-refractivity contribution in [3.8, 4) is 0 Å². The third-order valence-electron chi connectivity index (χ3n) is 7.12. The zero-order valence-corrected chi connectivity index (χ0v) is 11.6. The molecule has 4 fully saturated rings. The van der Waals surface area contributed by atoms with Crippen LogP contribution in [-0.2, 0) is 0 Å². The van der Waals surface area contributed by atoms with Gasteiger partial charge < -0.3 is 5.11 Å². The Morgan fingerprint density at radius 2 is 1.22 bits per heavy atom. The molecule has 4 rings (SSSR count). The normalized spacial score (nSPS) is 55.5. The van der Waals surface area contributed by atoms with E-state index >= 15 is 0 Å². The number of fused-ring (bicyclic) bond motifs is 5. The van der Waals surface area contributed by atoms with Gasteiger partial charge in [0.25, 0.3) is 0 Å². The van der Waals surface area contributed by atoms with Crippen LogP contribution in [0.25, 0.3) is 0 Å². The highest BCUT2D eigenvalue weighted by Gasteiger charge is 2.49. The molecule has 0 radical (unpaired) electrons. The molecular formula is C17H28O. The van der Waals surface area contributed by atoms with Gasteiger partial charge in [-0.25, -0.2) is 0 Å². The Morgan fingerprint density at radius 3 is 2.06 bits per heavy atom. The lowest BCUT2D eigenvalue weighted by Gasteiger charge is -2.52. The van der Waals surface area contributed by atoms with Gasteiger partial charge in [0.15, 0.2) is 0 Å². The molecule has 0 spiro atoms. The van der Waals surface area contributed by atoms with Gasteiger partial charge in [-0.2, -0.15) is 0 Å². The first kappa shape index (κ1) is 11.8. The summed E-state index contributed by atoms with van der Waals surface area (Å²) >= 11 is 0. The van der Waals surface area contributed by atoms with E-state index < -0.39 is 0 Å². The van der Waals surface area contributed by atoms with E-state index in [1.54, 1.807) is 12.8 Å². The van der Waals surface area contributed by atoms with Crippen LogP contribution in [-0.4, -0.2) is 11.2 Å². The van der Waals surface area contributed by atoms with Crippen molar-refractivity contribution >= 4 is 0 Å². The van der Waals surface area contributed by atoms with Crippen LogP contribution in [0.5, 0.6) is 0 Å².